The van der Waals surface area contributed by atoms with Crippen molar-refractivity contribution in [3.8, 4) is 5.75 Å². The average Bonchev–Trinajstić information content (AvgIpc) is 2.90. The van der Waals surface area contributed by atoms with Crippen molar-refractivity contribution < 1.29 is 5.11 Å². The summed E-state index contributed by atoms with van der Waals surface area (Å²) in [6.45, 7) is 13.4. The van der Waals surface area contributed by atoms with Gasteiger partial charge in [-0.2, -0.15) is 0 Å². The molecule has 0 amide bonds. The molecule has 1 N–H and O–H groups in total. The van der Waals surface area contributed by atoms with Crippen LogP contribution in [0.5, 0.6) is 5.75 Å². The van der Waals surface area contributed by atoms with E-state index in [0.29, 0.717) is 28.9 Å². The summed E-state index contributed by atoms with van der Waals surface area (Å²) in [7, 11) is 0. The fraction of sp³-hybridized carbons (Fsp3) is 0.385. The highest BCUT2D eigenvalue weighted by Crippen LogP contribution is 2.41. The number of nitrogens with zero attached hydrogens (tertiary/aromatic N) is 1. The Morgan fingerprint density at radius 1 is 0.833 bits per heavy atom. The number of hydrogen-bond acceptors (Lipinski definition) is 1. The number of benzene rings is 2. The van der Waals surface area contributed by atoms with Crippen LogP contribution in [-0.4, -0.2) is 9.67 Å². The monoisotopic (exact) mass is 443 g/mol. The van der Waals surface area contributed by atoms with Crippen LogP contribution in [0.2, 0.25) is 10.2 Å². The van der Waals surface area contributed by atoms with Gasteiger partial charge in [0.15, 0.2) is 0 Å². The first-order valence-corrected chi connectivity index (χ1v) is 11.1. The van der Waals surface area contributed by atoms with Crippen LogP contribution in [0.1, 0.15) is 69.4 Å². The summed E-state index contributed by atoms with van der Waals surface area (Å²) in [5.74, 6) is 0.393. The Labute approximate surface area is 190 Å². The maximum Gasteiger partial charge on any atom is 0.128 e. The van der Waals surface area contributed by atoms with E-state index < -0.39 is 0 Å². The van der Waals surface area contributed by atoms with Gasteiger partial charge in [0.2, 0.25) is 0 Å². The number of aromatic hydroxyl groups is 1. The van der Waals surface area contributed by atoms with Gasteiger partial charge in [-0.05, 0) is 38.6 Å². The third-order valence-electron chi connectivity index (χ3n) is 5.40. The van der Waals surface area contributed by atoms with Gasteiger partial charge < -0.3 is 9.67 Å². The highest BCUT2D eigenvalue weighted by Gasteiger charge is 2.27. The molecule has 0 spiro atoms. The lowest BCUT2D eigenvalue weighted by molar-refractivity contribution is 0.423. The molecule has 2 nitrogen and oxygen atoms in total. The lowest BCUT2D eigenvalue weighted by atomic mass is 9.78. The van der Waals surface area contributed by atoms with Gasteiger partial charge in [0.25, 0.3) is 0 Å². The normalized spacial score (nSPS) is 12.4. The van der Waals surface area contributed by atoms with E-state index >= 15 is 0 Å². The van der Waals surface area contributed by atoms with Crippen LogP contribution in [0.4, 0.5) is 0 Å². The zero-order chi connectivity index (χ0) is 22.3. The highest BCUT2D eigenvalue weighted by molar-refractivity contribution is 6.42. The molecule has 0 saturated carbocycles. The molecule has 0 unspecified atom stereocenters. The first kappa shape index (κ1) is 22.8. The van der Waals surface area contributed by atoms with Crippen LogP contribution in [0.25, 0.3) is 0 Å². The lowest BCUT2D eigenvalue weighted by Gasteiger charge is -2.28. The van der Waals surface area contributed by atoms with E-state index in [0.717, 1.165) is 22.3 Å². The summed E-state index contributed by atoms with van der Waals surface area (Å²) in [4.78, 5) is 0. The summed E-state index contributed by atoms with van der Waals surface area (Å²) >= 11 is 13.2. The Balaban J connectivity index is 2.01. The maximum atomic E-state index is 11.0. The Morgan fingerprint density at radius 2 is 1.37 bits per heavy atom. The van der Waals surface area contributed by atoms with Crippen molar-refractivity contribution in [1.82, 2.24) is 4.57 Å². The molecule has 1 heterocycles. The molecule has 3 aromatic rings. The fourth-order valence-corrected chi connectivity index (χ4v) is 4.19. The molecule has 0 saturated heterocycles. The number of rotatable bonds is 4. The second kappa shape index (κ2) is 8.32. The van der Waals surface area contributed by atoms with E-state index in [1.807, 2.05) is 29.0 Å². The van der Waals surface area contributed by atoms with Crippen molar-refractivity contribution in [2.24, 2.45) is 0 Å². The first-order valence-electron chi connectivity index (χ1n) is 10.3. The summed E-state index contributed by atoms with van der Waals surface area (Å²) < 4.78 is 1.99. The van der Waals surface area contributed by atoms with Crippen LogP contribution < -0.4 is 0 Å². The Bertz CT molecular complexity index is 1000. The molecule has 0 bridgehead atoms. The molecule has 3 rings (SSSR count). The van der Waals surface area contributed by atoms with Gasteiger partial charge in [0.1, 0.15) is 10.9 Å². The Morgan fingerprint density at radius 3 is 1.87 bits per heavy atom. The third-order valence-corrected chi connectivity index (χ3v) is 6.33. The zero-order valence-corrected chi connectivity index (χ0v) is 20.2. The summed E-state index contributed by atoms with van der Waals surface area (Å²) in [5.41, 5.74) is 4.86. The molecule has 30 heavy (non-hydrogen) atoms. The number of phenols is 1. The largest absolute Gasteiger partial charge is 0.507 e. The van der Waals surface area contributed by atoms with Crippen molar-refractivity contribution in [2.45, 2.75) is 65.3 Å². The fourth-order valence-electron chi connectivity index (χ4n) is 3.74. The summed E-state index contributed by atoms with van der Waals surface area (Å²) in [6.07, 6.45) is 2.70. The molecule has 0 fully saturated rings. The predicted octanol–water partition coefficient (Wildman–Crippen LogP) is 7.73. The molecule has 160 valence electrons. The molecule has 2 aromatic carbocycles. The molecule has 1 aromatic heterocycles. The smallest absolute Gasteiger partial charge is 0.128 e. The van der Waals surface area contributed by atoms with Gasteiger partial charge in [-0.1, -0.05) is 107 Å². The van der Waals surface area contributed by atoms with Crippen LogP contribution >= 0.6 is 23.2 Å². The van der Waals surface area contributed by atoms with Crippen molar-refractivity contribution in [2.75, 3.05) is 0 Å². The van der Waals surface area contributed by atoms with Gasteiger partial charge in [-0.3, -0.25) is 0 Å². The van der Waals surface area contributed by atoms with E-state index in [4.69, 9.17) is 23.2 Å². The second-order valence-electron chi connectivity index (χ2n) is 10.1. The van der Waals surface area contributed by atoms with E-state index in [-0.39, 0.29) is 10.8 Å². The van der Waals surface area contributed by atoms with Gasteiger partial charge in [0.05, 0.1) is 5.02 Å². The minimum Gasteiger partial charge on any atom is -0.507 e. The number of halogens is 2. The first-order chi connectivity index (χ1) is 13.9. The second-order valence-corrected chi connectivity index (χ2v) is 10.8. The van der Waals surface area contributed by atoms with Gasteiger partial charge in [0, 0.05) is 19.2 Å². The Hall–Kier alpha value is -1.90. The van der Waals surface area contributed by atoms with E-state index in [1.54, 1.807) is 0 Å². The van der Waals surface area contributed by atoms with Gasteiger partial charge >= 0.3 is 0 Å². The minimum atomic E-state index is -0.166. The minimum absolute atomic E-state index is 0.166. The molecule has 0 aliphatic carbocycles. The standard InChI is InChI=1S/C26H31Cl2NO/c1-25(2,3)20-13-18(14-21(23(20)30)26(4,5)6)12-19-16-29(24(28)22(19)27)15-17-10-8-7-9-11-17/h7-11,13-14,16,30H,12,15H2,1-6H3. The van der Waals surface area contributed by atoms with Gasteiger partial charge in [-0.15, -0.1) is 0 Å². The summed E-state index contributed by atoms with van der Waals surface area (Å²) in [6, 6.07) is 14.4. The Kier molecular flexibility index (Phi) is 6.32. The van der Waals surface area contributed by atoms with E-state index in [9.17, 15) is 5.11 Å². The molecular formula is C26H31Cl2NO. The van der Waals surface area contributed by atoms with E-state index in [2.05, 4.69) is 65.8 Å². The SMILES string of the molecule is CC(C)(C)c1cc(Cc2cn(Cc3ccccc3)c(Cl)c2Cl)cc(C(C)(C)C)c1O. The van der Waals surface area contributed by atoms with E-state index in [1.165, 1.54) is 5.56 Å². The van der Waals surface area contributed by atoms with Crippen LogP contribution in [-0.2, 0) is 23.8 Å². The highest BCUT2D eigenvalue weighted by atomic mass is 35.5. The van der Waals surface area contributed by atoms with Gasteiger partial charge in [-0.25, -0.2) is 0 Å². The molecular weight excluding hydrogens is 413 g/mol. The quantitative estimate of drug-likeness (QED) is 0.438. The zero-order valence-electron chi connectivity index (χ0n) is 18.7. The molecule has 0 radical (unpaired) electrons. The molecule has 0 aliphatic rings. The third kappa shape index (κ3) is 4.87. The number of phenolic OH excluding ortho intramolecular Hbond substituents is 1. The van der Waals surface area contributed by atoms with Crippen LogP contribution in [0.3, 0.4) is 0 Å². The molecule has 0 aliphatic heterocycles. The number of hydrogen-bond donors (Lipinski definition) is 1. The van der Waals surface area contributed by atoms with Crippen molar-refractivity contribution >= 4 is 23.2 Å². The van der Waals surface area contributed by atoms with Crippen LogP contribution in [0.15, 0.2) is 48.7 Å². The average molecular weight is 444 g/mol. The van der Waals surface area contributed by atoms with Crippen molar-refractivity contribution in [1.29, 1.82) is 0 Å². The van der Waals surface area contributed by atoms with Crippen molar-refractivity contribution in [3.63, 3.8) is 0 Å². The molecule has 4 heteroatoms. The van der Waals surface area contributed by atoms with Crippen molar-refractivity contribution in [3.05, 3.63) is 86.7 Å². The molecule has 0 atom stereocenters. The maximum absolute atomic E-state index is 11.0. The number of aromatic nitrogens is 1. The lowest BCUT2D eigenvalue weighted by Crippen LogP contribution is -2.18. The van der Waals surface area contributed by atoms with Crippen LogP contribution in [0, 0.1) is 0 Å². The summed E-state index contributed by atoms with van der Waals surface area (Å²) in [5, 5.41) is 12.1. The topological polar surface area (TPSA) is 25.2 Å². The predicted molar refractivity (Wildman–Crippen MR) is 128 cm³/mol.